The lowest BCUT2D eigenvalue weighted by Gasteiger charge is -2.24. The zero-order valence-electron chi connectivity index (χ0n) is 13.5. The van der Waals surface area contributed by atoms with Crippen LogP contribution in [0.2, 0.25) is 0 Å². The van der Waals surface area contributed by atoms with E-state index < -0.39 is 0 Å². The fraction of sp³-hybridized carbons (Fsp3) is 0.412. The number of carbonyl (C=O) groups is 1. The van der Waals surface area contributed by atoms with E-state index in [1.165, 1.54) is 6.07 Å². The van der Waals surface area contributed by atoms with Gasteiger partial charge in [-0.2, -0.15) is 0 Å². The summed E-state index contributed by atoms with van der Waals surface area (Å²) in [5.74, 6) is 0.0273. The minimum absolute atomic E-state index is 0.0273. The van der Waals surface area contributed by atoms with E-state index in [4.69, 9.17) is 4.42 Å². The predicted molar refractivity (Wildman–Crippen MR) is 86.8 cm³/mol. The average Bonchev–Trinajstić information content (AvgIpc) is 2.46. The molecule has 2 aromatic rings. The summed E-state index contributed by atoms with van der Waals surface area (Å²) < 4.78 is 5.27. The Morgan fingerprint density at radius 1 is 1.36 bits per heavy atom. The lowest BCUT2D eigenvalue weighted by Crippen LogP contribution is -2.33. The van der Waals surface area contributed by atoms with Gasteiger partial charge in [-0.25, -0.2) is 4.79 Å². The Kier molecular flexibility index (Phi) is 4.98. The van der Waals surface area contributed by atoms with E-state index >= 15 is 0 Å². The number of hydrogen-bond acceptors (Lipinski definition) is 4. The first-order chi connectivity index (χ1) is 10.4. The molecule has 0 bridgehead atoms. The lowest BCUT2D eigenvalue weighted by molar-refractivity contribution is -0.121. The molecule has 0 saturated heterocycles. The number of hydrogen-bond donors (Lipinski definition) is 1. The Morgan fingerprint density at radius 2 is 2.09 bits per heavy atom. The summed E-state index contributed by atoms with van der Waals surface area (Å²) in [7, 11) is 3.62. The molecule has 5 heteroatoms. The predicted octanol–water partition coefficient (Wildman–Crippen LogP) is 2.06. The second kappa shape index (κ2) is 6.75. The number of carbonyl (C=O) groups excluding carboxylic acids is 1. The molecule has 0 aliphatic rings. The standard InChI is InChI=1S/C17H22N2O3/c1-11-7-17(21)22-15-9-13(5-6-14(11)15)10-19(4)12(2)8-16(20)18-3/h5-7,9,12H,8,10H2,1-4H3,(H,18,20). The number of nitrogens with zero attached hydrogens (tertiary/aromatic N) is 1. The molecule has 1 N–H and O–H groups in total. The van der Waals surface area contributed by atoms with Gasteiger partial charge in [-0.05, 0) is 38.1 Å². The summed E-state index contributed by atoms with van der Waals surface area (Å²) in [6.07, 6.45) is 0.453. The fourth-order valence-corrected chi connectivity index (χ4v) is 2.44. The van der Waals surface area contributed by atoms with Crippen LogP contribution in [-0.4, -0.2) is 30.9 Å². The summed E-state index contributed by atoms with van der Waals surface area (Å²) >= 11 is 0. The van der Waals surface area contributed by atoms with Crippen LogP contribution in [0.3, 0.4) is 0 Å². The first-order valence-electron chi connectivity index (χ1n) is 7.35. The maximum absolute atomic E-state index is 11.5. The normalized spacial score (nSPS) is 12.6. The van der Waals surface area contributed by atoms with E-state index in [1.807, 2.05) is 39.1 Å². The van der Waals surface area contributed by atoms with Gasteiger partial charge in [0.05, 0.1) is 0 Å². The molecule has 1 aromatic heterocycles. The molecule has 1 aromatic carbocycles. The van der Waals surface area contributed by atoms with Gasteiger partial charge in [0.25, 0.3) is 0 Å². The Bertz CT molecular complexity index is 736. The second-order valence-electron chi connectivity index (χ2n) is 5.72. The van der Waals surface area contributed by atoms with E-state index in [2.05, 4.69) is 10.2 Å². The molecule has 0 fully saturated rings. The number of nitrogens with one attached hydrogen (secondary N) is 1. The molecule has 1 amide bonds. The molecule has 0 spiro atoms. The van der Waals surface area contributed by atoms with Gasteiger partial charge in [0.15, 0.2) is 0 Å². The number of aryl methyl sites for hydroxylation is 1. The molecule has 1 unspecified atom stereocenters. The highest BCUT2D eigenvalue weighted by molar-refractivity contribution is 5.80. The summed E-state index contributed by atoms with van der Waals surface area (Å²) in [6.45, 7) is 4.60. The third-order valence-electron chi connectivity index (χ3n) is 3.96. The summed E-state index contributed by atoms with van der Waals surface area (Å²) in [5.41, 5.74) is 2.24. The molecule has 2 rings (SSSR count). The minimum Gasteiger partial charge on any atom is -0.423 e. The molecule has 5 nitrogen and oxygen atoms in total. The summed E-state index contributed by atoms with van der Waals surface area (Å²) in [4.78, 5) is 25.0. The SMILES string of the molecule is CNC(=O)CC(C)N(C)Cc1ccc2c(C)cc(=O)oc2c1. The highest BCUT2D eigenvalue weighted by atomic mass is 16.4. The number of rotatable bonds is 5. The van der Waals surface area contributed by atoms with E-state index in [9.17, 15) is 9.59 Å². The van der Waals surface area contributed by atoms with E-state index in [0.717, 1.165) is 16.5 Å². The Balaban J connectivity index is 2.18. The zero-order valence-corrected chi connectivity index (χ0v) is 13.5. The average molecular weight is 302 g/mol. The largest absolute Gasteiger partial charge is 0.423 e. The van der Waals surface area contributed by atoms with Crippen LogP contribution in [0.25, 0.3) is 11.0 Å². The van der Waals surface area contributed by atoms with Gasteiger partial charge >= 0.3 is 5.63 Å². The highest BCUT2D eigenvalue weighted by Crippen LogP contribution is 2.19. The van der Waals surface area contributed by atoms with Crippen LogP contribution in [-0.2, 0) is 11.3 Å². The molecule has 0 aliphatic heterocycles. The van der Waals surface area contributed by atoms with Gasteiger partial charge in [0.1, 0.15) is 5.58 Å². The number of benzene rings is 1. The quantitative estimate of drug-likeness (QED) is 0.859. The first kappa shape index (κ1) is 16.2. The Labute approximate surface area is 129 Å². The van der Waals surface area contributed by atoms with Crippen molar-refractivity contribution in [3.05, 3.63) is 45.8 Å². The van der Waals surface area contributed by atoms with Gasteiger partial charge in [-0.3, -0.25) is 9.69 Å². The van der Waals surface area contributed by atoms with Crippen LogP contribution in [0.1, 0.15) is 24.5 Å². The van der Waals surface area contributed by atoms with Gasteiger partial charge in [-0.1, -0.05) is 12.1 Å². The van der Waals surface area contributed by atoms with Crippen LogP contribution >= 0.6 is 0 Å². The Hall–Kier alpha value is -2.14. The number of fused-ring (bicyclic) bond motifs is 1. The van der Waals surface area contributed by atoms with E-state index in [-0.39, 0.29) is 17.6 Å². The minimum atomic E-state index is -0.330. The van der Waals surface area contributed by atoms with Gasteiger partial charge in [0.2, 0.25) is 5.91 Å². The van der Waals surface area contributed by atoms with Gasteiger partial charge in [0, 0.05) is 37.5 Å². The van der Waals surface area contributed by atoms with Crippen molar-refractivity contribution < 1.29 is 9.21 Å². The molecular formula is C17H22N2O3. The van der Waals surface area contributed by atoms with Crippen molar-refractivity contribution in [2.24, 2.45) is 0 Å². The third kappa shape index (κ3) is 3.74. The first-order valence-corrected chi connectivity index (χ1v) is 7.35. The smallest absolute Gasteiger partial charge is 0.336 e. The summed E-state index contributed by atoms with van der Waals surface area (Å²) in [6, 6.07) is 7.52. The van der Waals surface area contributed by atoms with Gasteiger partial charge < -0.3 is 9.73 Å². The van der Waals surface area contributed by atoms with E-state index in [1.54, 1.807) is 7.05 Å². The molecule has 0 radical (unpaired) electrons. The van der Waals surface area contributed by atoms with Crippen molar-refractivity contribution in [1.29, 1.82) is 0 Å². The lowest BCUT2D eigenvalue weighted by atomic mass is 10.1. The second-order valence-corrected chi connectivity index (χ2v) is 5.72. The third-order valence-corrected chi connectivity index (χ3v) is 3.96. The maximum Gasteiger partial charge on any atom is 0.336 e. The highest BCUT2D eigenvalue weighted by Gasteiger charge is 2.14. The fourth-order valence-electron chi connectivity index (χ4n) is 2.44. The van der Waals surface area contributed by atoms with Crippen molar-refractivity contribution >= 4 is 16.9 Å². The molecule has 0 saturated carbocycles. The van der Waals surface area contributed by atoms with Crippen LogP contribution in [0.15, 0.2) is 33.5 Å². The van der Waals surface area contributed by atoms with Crippen molar-refractivity contribution in [3.63, 3.8) is 0 Å². The topological polar surface area (TPSA) is 62.6 Å². The monoisotopic (exact) mass is 302 g/mol. The molecule has 1 atom stereocenters. The molecule has 1 heterocycles. The van der Waals surface area contributed by atoms with Crippen LogP contribution in [0.4, 0.5) is 0 Å². The van der Waals surface area contributed by atoms with E-state index in [0.29, 0.717) is 18.5 Å². The van der Waals surface area contributed by atoms with Crippen LogP contribution in [0.5, 0.6) is 0 Å². The van der Waals surface area contributed by atoms with Gasteiger partial charge in [-0.15, -0.1) is 0 Å². The number of amides is 1. The summed E-state index contributed by atoms with van der Waals surface area (Å²) in [5, 5.41) is 3.58. The van der Waals surface area contributed by atoms with Crippen LogP contribution < -0.4 is 10.9 Å². The molecule has 118 valence electrons. The molecule has 0 aliphatic carbocycles. The van der Waals surface area contributed by atoms with Crippen LogP contribution in [0, 0.1) is 6.92 Å². The maximum atomic E-state index is 11.5. The van der Waals surface area contributed by atoms with Crippen molar-refractivity contribution in [2.45, 2.75) is 32.9 Å². The molecular weight excluding hydrogens is 280 g/mol. The van der Waals surface area contributed by atoms with Crippen molar-refractivity contribution in [2.75, 3.05) is 14.1 Å². The Morgan fingerprint density at radius 3 is 2.77 bits per heavy atom. The molecule has 22 heavy (non-hydrogen) atoms. The van der Waals surface area contributed by atoms with Crippen molar-refractivity contribution in [3.8, 4) is 0 Å². The van der Waals surface area contributed by atoms with Crippen molar-refractivity contribution in [1.82, 2.24) is 10.2 Å². The zero-order chi connectivity index (χ0) is 16.3.